The fourth-order valence-electron chi connectivity index (χ4n) is 5.51. The molecule has 1 saturated heterocycles. The van der Waals surface area contributed by atoms with Gasteiger partial charge in [-0.05, 0) is 24.3 Å². The Hall–Kier alpha value is -2.33. The number of methoxy groups -OCH3 is 1. The molecule has 6 atom stereocenters. The number of allylic oxidation sites excluding steroid dienone is 1. The van der Waals surface area contributed by atoms with E-state index in [1.165, 1.54) is 7.11 Å². The molecular weight excluding hydrogens is 609 g/mol. The van der Waals surface area contributed by atoms with Crippen molar-refractivity contribution in [1.29, 1.82) is 0 Å². The van der Waals surface area contributed by atoms with Crippen molar-refractivity contribution in [2.75, 3.05) is 20.3 Å². The van der Waals surface area contributed by atoms with Crippen LogP contribution < -0.4 is 0 Å². The molecule has 42 heavy (non-hydrogen) atoms. The van der Waals surface area contributed by atoms with Crippen LogP contribution in [0.15, 0.2) is 43.0 Å². The summed E-state index contributed by atoms with van der Waals surface area (Å²) >= 11 is 17.0. The van der Waals surface area contributed by atoms with E-state index in [0.29, 0.717) is 12.8 Å². The molecule has 0 spiro atoms. The van der Waals surface area contributed by atoms with Gasteiger partial charge < -0.3 is 18.9 Å². The molecule has 1 aromatic rings. The molecule has 0 saturated carbocycles. The minimum absolute atomic E-state index is 0.0672. The number of amides is 2. The standard InChI is InChI=1S/C30H40Cl3NO8/c1-8-12-18(2)23(42-28(38)41-17-30(31,32)33)19(3)24(35)29(5,6)25(39-7)20(4)26(36)34-22(16-40-27(34)37)15-21-13-10-9-11-14-21/h8-11,13-14,18-20,22-23,25H,1,12,15-17H2,2-7H3/t18-,19+,20-,22-,23-,25-/m0/s1. The Morgan fingerprint density at radius 1 is 1.12 bits per heavy atom. The summed E-state index contributed by atoms with van der Waals surface area (Å²) in [6.07, 6.45) is -1.18. The summed E-state index contributed by atoms with van der Waals surface area (Å²) in [6, 6.07) is 8.97. The van der Waals surface area contributed by atoms with Crippen molar-refractivity contribution >= 4 is 58.7 Å². The first kappa shape index (κ1) is 35.9. The molecule has 9 nitrogen and oxygen atoms in total. The summed E-state index contributed by atoms with van der Waals surface area (Å²) in [4.78, 5) is 53.9. The molecular formula is C30H40Cl3NO8. The number of rotatable bonds is 14. The van der Waals surface area contributed by atoms with Gasteiger partial charge in [-0.25, -0.2) is 14.5 Å². The second-order valence-electron chi connectivity index (χ2n) is 11.2. The number of carbonyl (C=O) groups is 4. The van der Waals surface area contributed by atoms with Crippen LogP contribution in [0.1, 0.15) is 46.6 Å². The lowest BCUT2D eigenvalue weighted by Crippen LogP contribution is -2.53. The van der Waals surface area contributed by atoms with Crippen molar-refractivity contribution in [1.82, 2.24) is 4.90 Å². The summed E-state index contributed by atoms with van der Waals surface area (Å²) in [6.45, 7) is 11.6. The zero-order valence-electron chi connectivity index (χ0n) is 24.8. The van der Waals surface area contributed by atoms with Crippen LogP contribution in [0.5, 0.6) is 0 Å². The van der Waals surface area contributed by atoms with Gasteiger partial charge in [-0.15, -0.1) is 6.58 Å². The zero-order valence-corrected chi connectivity index (χ0v) is 27.1. The largest absolute Gasteiger partial charge is 0.508 e. The van der Waals surface area contributed by atoms with Crippen LogP contribution in [0.4, 0.5) is 9.59 Å². The number of hydrogen-bond donors (Lipinski definition) is 0. The summed E-state index contributed by atoms with van der Waals surface area (Å²) in [7, 11) is 1.40. The van der Waals surface area contributed by atoms with Crippen molar-refractivity contribution in [2.45, 2.75) is 69.5 Å². The number of Topliss-reactive ketones (excluding diaryl/α,β-unsaturated/α-hetero) is 1. The van der Waals surface area contributed by atoms with E-state index >= 15 is 0 Å². The van der Waals surface area contributed by atoms with Crippen LogP contribution in [-0.4, -0.2) is 71.2 Å². The van der Waals surface area contributed by atoms with Gasteiger partial charge in [0.05, 0.1) is 29.4 Å². The molecule has 1 aliphatic rings. The Bertz CT molecular complexity index is 1110. The van der Waals surface area contributed by atoms with Crippen molar-refractivity contribution in [2.24, 2.45) is 23.2 Å². The van der Waals surface area contributed by atoms with E-state index in [1.54, 1.807) is 40.7 Å². The smallest absolute Gasteiger partial charge is 0.447 e. The van der Waals surface area contributed by atoms with E-state index in [4.69, 9.17) is 53.8 Å². The number of benzene rings is 1. The third kappa shape index (κ3) is 9.33. The van der Waals surface area contributed by atoms with Gasteiger partial charge in [-0.1, -0.05) is 106 Å². The molecule has 12 heteroatoms. The molecule has 1 aliphatic heterocycles. The average Bonchev–Trinajstić information content (AvgIpc) is 3.29. The number of ketones is 1. The predicted octanol–water partition coefficient (Wildman–Crippen LogP) is 6.56. The van der Waals surface area contributed by atoms with Gasteiger partial charge in [-0.3, -0.25) is 9.59 Å². The van der Waals surface area contributed by atoms with Crippen LogP contribution in [0.25, 0.3) is 0 Å². The summed E-state index contributed by atoms with van der Waals surface area (Å²) in [5.41, 5.74) is -0.301. The molecule has 234 valence electrons. The summed E-state index contributed by atoms with van der Waals surface area (Å²) in [5, 5.41) is 0. The number of imide groups is 1. The SMILES string of the molecule is C=CC[C@H](C)[C@H](OC(=O)OCC(Cl)(Cl)Cl)[C@@H](C)C(=O)C(C)(C)[C@@H](OC)[C@H](C)C(=O)N1C(=O)OC[C@@H]1Cc1ccccc1. The number of ether oxygens (including phenoxy) is 4. The zero-order chi connectivity index (χ0) is 31.8. The van der Waals surface area contributed by atoms with E-state index in [1.807, 2.05) is 30.3 Å². The van der Waals surface area contributed by atoms with E-state index < -0.39 is 64.1 Å². The number of hydrogen-bond acceptors (Lipinski definition) is 8. The highest BCUT2D eigenvalue weighted by Crippen LogP contribution is 2.37. The van der Waals surface area contributed by atoms with Crippen LogP contribution in [0.2, 0.25) is 0 Å². The fraction of sp³-hybridized carbons (Fsp3) is 0.600. The van der Waals surface area contributed by atoms with Crippen LogP contribution in [-0.2, 0) is 35.0 Å². The van der Waals surface area contributed by atoms with Crippen molar-refractivity contribution in [3.63, 3.8) is 0 Å². The topological polar surface area (TPSA) is 108 Å². The highest BCUT2D eigenvalue weighted by molar-refractivity contribution is 6.67. The van der Waals surface area contributed by atoms with E-state index in [0.717, 1.165) is 10.5 Å². The molecule has 1 fully saturated rings. The van der Waals surface area contributed by atoms with Gasteiger partial charge in [0.25, 0.3) is 0 Å². The van der Waals surface area contributed by atoms with Gasteiger partial charge in [0, 0.05) is 7.11 Å². The molecule has 0 radical (unpaired) electrons. The summed E-state index contributed by atoms with van der Waals surface area (Å²) in [5.74, 6) is -2.91. The molecule has 2 amide bonds. The van der Waals surface area contributed by atoms with Gasteiger partial charge in [0.1, 0.15) is 25.1 Å². The lowest BCUT2D eigenvalue weighted by molar-refractivity contribution is -0.152. The molecule has 0 N–H and O–H groups in total. The Balaban J connectivity index is 2.26. The van der Waals surface area contributed by atoms with Crippen LogP contribution >= 0.6 is 34.8 Å². The van der Waals surface area contributed by atoms with Crippen LogP contribution in [0, 0.1) is 23.2 Å². The third-order valence-corrected chi connectivity index (χ3v) is 7.88. The quantitative estimate of drug-likeness (QED) is 0.127. The van der Waals surface area contributed by atoms with Gasteiger partial charge >= 0.3 is 12.2 Å². The predicted molar refractivity (Wildman–Crippen MR) is 161 cm³/mol. The molecule has 0 aliphatic carbocycles. The van der Waals surface area contributed by atoms with Crippen molar-refractivity contribution < 1.29 is 38.1 Å². The molecule has 1 aromatic carbocycles. The normalized spacial score (nSPS) is 19.2. The first-order chi connectivity index (χ1) is 19.5. The van der Waals surface area contributed by atoms with E-state index in [2.05, 4.69) is 6.58 Å². The van der Waals surface area contributed by atoms with Gasteiger partial charge in [0.15, 0.2) is 0 Å². The lowest BCUT2D eigenvalue weighted by Gasteiger charge is -2.39. The highest BCUT2D eigenvalue weighted by atomic mass is 35.6. The second kappa shape index (κ2) is 15.4. The number of carbonyl (C=O) groups excluding carboxylic acids is 4. The molecule has 0 aromatic heterocycles. The minimum atomic E-state index is -1.83. The Morgan fingerprint density at radius 2 is 1.74 bits per heavy atom. The Labute approximate surface area is 262 Å². The van der Waals surface area contributed by atoms with Gasteiger partial charge in [-0.2, -0.15) is 0 Å². The average molecular weight is 649 g/mol. The molecule has 0 unspecified atom stereocenters. The number of halogens is 3. The maximum atomic E-state index is 14.0. The molecule has 0 bridgehead atoms. The minimum Gasteiger partial charge on any atom is -0.447 e. The number of cyclic esters (lactones) is 1. The first-order valence-electron chi connectivity index (χ1n) is 13.7. The van der Waals surface area contributed by atoms with Crippen LogP contribution in [0.3, 0.4) is 0 Å². The number of nitrogens with zero attached hydrogens (tertiary/aromatic N) is 1. The van der Waals surface area contributed by atoms with Crippen molar-refractivity contribution in [3.05, 3.63) is 48.6 Å². The Morgan fingerprint density at radius 3 is 2.29 bits per heavy atom. The maximum Gasteiger partial charge on any atom is 0.508 e. The maximum absolute atomic E-state index is 14.0. The first-order valence-corrected chi connectivity index (χ1v) is 14.8. The van der Waals surface area contributed by atoms with E-state index in [-0.39, 0.29) is 18.3 Å². The second-order valence-corrected chi connectivity index (χ2v) is 13.7. The molecule has 2 rings (SSSR count). The molecule has 1 heterocycles. The highest BCUT2D eigenvalue weighted by Gasteiger charge is 2.50. The Kier molecular flexibility index (Phi) is 13.2. The summed E-state index contributed by atoms with van der Waals surface area (Å²) < 4.78 is 19.6. The third-order valence-electron chi connectivity index (χ3n) is 7.55. The van der Waals surface area contributed by atoms with E-state index in [9.17, 15) is 19.2 Å². The lowest BCUT2D eigenvalue weighted by atomic mass is 9.70. The number of alkyl halides is 3. The monoisotopic (exact) mass is 647 g/mol. The van der Waals surface area contributed by atoms with Crippen molar-refractivity contribution in [3.8, 4) is 0 Å². The van der Waals surface area contributed by atoms with Gasteiger partial charge in [0.2, 0.25) is 9.70 Å². The fourth-order valence-corrected chi connectivity index (χ4v) is 5.67.